The van der Waals surface area contributed by atoms with Crippen LogP contribution < -0.4 is 5.32 Å². The first-order valence-electron chi connectivity index (χ1n) is 7.08. The smallest absolute Gasteiger partial charge is 0.231 e. The Morgan fingerprint density at radius 1 is 1.00 bits per heavy atom. The quantitative estimate of drug-likeness (QED) is 0.841. The molecular formula is C18H19NO2. The van der Waals surface area contributed by atoms with Crippen LogP contribution in [-0.4, -0.2) is 11.7 Å². The molecule has 1 N–H and O–H groups in total. The van der Waals surface area contributed by atoms with Crippen molar-refractivity contribution < 1.29 is 9.59 Å². The zero-order valence-corrected chi connectivity index (χ0v) is 12.3. The molecule has 108 valence electrons. The second kappa shape index (κ2) is 6.84. The van der Waals surface area contributed by atoms with E-state index in [-0.39, 0.29) is 17.6 Å². The summed E-state index contributed by atoms with van der Waals surface area (Å²) in [6, 6.07) is 16.7. The van der Waals surface area contributed by atoms with E-state index in [9.17, 15) is 9.59 Å². The van der Waals surface area contributed by atoms with Gasteiger partial charge in [-0.05, 0) is 43.2 Å². The molecule has 2 rings (SSSR count). The Balaban J connectivity index is 2.11. The molecule has 3 nitrogen and oxygen atoms in total. The summed E-state index contributed by atoms with van der Waals surface area (Å²) in [7, 11) is 0. The van der Waals surface area contributed by atoms with Gasteiger partial charge in [0, 0.05) is 11.3 Å². The van der Waals surface area contributed by atoms with Crippen molar-refractivity contribution in [2.24, 2.45) is 0 Å². The molecule has 0 heterocycles. The summed E-state index contributed by atoms with van der Waals surface area (Å²) >= 11 is 0. The summed E-state index contributed by atoms with van der Waals surface area (Å²) in [5.41, 5.74) is 2.36. The Hall–Kier alpha value is -2.42. The van der Waals surface area contributed by atoms with E-state index in [0.29, 0.717) is 11.3 Å². The Morgan fingerprint density at radius 2 is 1.62 bits per heavy atom. The predicted octanol–water partition coefficient (Wildman–Crippen LogP) is 4.02. The molecule has 0 radical (unpaired) electrons. The summed E-state index contributed by atoms with van der Waals surface area (Å²) in [5.74, 6) is -0.179. The van der Waals surface area contributed by atoms with Crippen molar-refractivity contribution >= 4 is 17.4 Å². The number of rotatable bonds is 5. The molecule has 0 spiro atoms. The maximum absolute atomic E-state index is 12.4. The largest absolute Gasteiger partial charge is 0.326 e. The van der Waals surface area contributed by atoms with Crippen LogP contribution in [0.3, 0.4) is 0 Å². The van der Waals surface area contributed by atoms with Gasteiger partial charge in [-0.15, -0.1) is 0 Å². The molecular weight excluding hydrogens is 262 g/mol. The van der Waals surface area contributed by atoms with Crippen molar-refractivity contribution in [3.63, 3.8) is 0 Å². The number of hydrogen-bond donors (Lipinski definition) is 1. The topological polar surface area (TPSA) is 46.2 Å². The van der Waals surface area contributed by atoms with E-state index in [4.69, 9.17) is 0 Å². The number of nitrogens with one attached hydrogen (secondary N) is 1. The van der Waals surface area contributed by atoms with Crippen molar-refractivity contribution in [3.8, 4) is 0 Å². The SMILES string of the molecule is CC[C@@H](C(=O)Nc1ccc(C(C)=O)cc1)c1ccccc1. The summed E-state index contributed by atoms with van der Waals surface area (Å²) in [6.07, 6.45) is 0.737. The first-order chi connectivity index (χ1) is 10.1. The van der Waals surface area contributed by atoms with Crippen LogP contribution >= 0.6 is 0 Å². The Bertz CT molecular complexity index is 617. The van der Waals surface area contributed by atoms with Crippen LogP contribution in [0.2, 0.25) is 0 Å². The molecule has 1 amide bonds. The molecule has 2 aromatic rings. The van der Waals surface area contributed by atoms with Crippen LogP contribution in [0.5, 0.6) is 0 Å². The van der Waals surface area contributed by atoms with E-state index >= 15 is 0 Å². The number of Topliss-reactive ketones (excluding diaryl/α,β-unsaturated/α-hetero) is 1. The number of hydrogen-bond acceptors (Lipinski definition) is 2. The van der Waals surface area contributed by atoms with E-state index in [1.807, 2.05) is 37.3 Å². The maximum atomic E-state index is 12.4. The molecule has 0 aliphatic rings. The molecule has 1 atom stereocenters. The zero-order valence-electron chi connectivity index (χ0n) is 12.3. The molecule has 0 unspecified atom stereocenters. The summed E-state index contributed by atoms with van der Waals surface area (Å²) in [6.45, 7) is 3.52. The van der Waals surface area contributed by atoms with Gasteiger partial charge in [-0.2, -0.15) is 0 Å². The Kier molecular flexibility index (Phi) is 4.88. The van der Waals surface area contributed by atoms with Gasteiger partial charge >= 0.3 is 0 Å². The molecule has 0 aromatic heterocycles. The van der Waals surface area contributed by atoms with Gasteiger partial charge in [0.2, 0.25) is 5.91 Å². The monoisotopic (exact) mass is 281 g/mol. The van der Waals surface area contributed by atoms with Gasteiger partial charge in [0.1, 0.15) is 0 Å². The Morgan fingerprint density at radius 3 is 2.14 bits per heavy atom. The van der Waals surface area contributed by atoms with E-state index < -0.39 is 0 Å². The van der Waals surface area contributed by atoms with E-state index in [1.54, 1.807) is 24.3 Å². The highest BCUT2D eigenvalue weighted by Gasteiger charge is 2.18. The van der Waals surface area contributed by atoms with Crippen LogP contribution in [0, 0.1) is 0 Å². The first kappa shape index (κ1) is 15.0. The molecule has 0 saturated carbocycles. The lowest BCUT2D eigenvalue weighted by molar-refractivity contribution is -0.117. The molecule has 21 heavy (non-hydrogen) atoms. The number of benzene rings is 2. The van der Waals surface area contributed by atoms with E-state index in [1.165, 1.54) is 6.92 Å². The maximum Gasteiger partial charge on any atom is 0.231 e. The summed E-state index contributed by atoms with van der Waals surface area (Å²) in [4.78, 5) is 23.6. The summed E-state index contributed by atoms with van der Waals surface area (Å²) < 4.78 is 0. The van der Waals surface area contributed by atoms with Crippen LogP contribution in [0.4, 0.5) is 5.69 Å². The van der Waals surface area contributed by atoms with Gasteiger partial charge in [-0.3, -0.25) is 9.59 Å². The lowest BCUT2D eigenvalue weighted by Gasteiger charge is -2.15. The normalized spacial score (nSPS) is 11.7. The van der Waals surface area contributed by atoms with Crippen molar-refractivity contribution in [2.45, 2.75) is 26.2 Å². The average molecular weight is 281 g/mol. The van der Waals surface area contributed by atoms with Crippen LogP contribution in [0.15, 0.2) is 54.6 Å². The minimum absolute atomic E-state index is 0.0172. The zero-order chi connectivity index (χ0) is 15.2. The van der Waals surface area contributed by atoms with E-state index in [0.717, 1.165) is 12.0 Å². The third kappa shape index (κ3) is 3.78. The third-order valence-corrected chi connectivity index (χ3v) is 3.49. The van der Waals surface area contributed by atoms with Crippen molar-refractivity contribution in [3.05, 3.63) is 65.7 Å². The molecule has 0 bridgehead atoms. The van der Waals surface area contributed by atoms with Crippen molar-refractivity contribution in [1.29, 1.82) is 0 Å². The second-order valence-corrected chi connectivity index (χ2v) is 4.99. The van der Waals surface area contributed by atoms with Crippen LogP contribution in [-0.2, 0) is 4.79 Å². The van der Waals surface area contributed by atoms with Gasteiger partial charge in [0.05, 0.1) is 5.92 Å². The number of carbonyl (C=O) groups is 2. The predicted molar refractivity (Wildman–Crippen MR) is 84.6 cm³/mol. The minimum atomic E-state index is -0.168. The van der Waals surface area contributed by atoms with Crippen molar-refractivity contribution in [2.75, 3.05) is 5.32 Å². The number of carbonyl (C=O) groups excluding carboxylic acids is 2. The number of ketones is 1. The average Bonchev–Trinajstić information content (AvgIpc) is 2.49. The standard InChI is InChI=1S/C18H19NO2/c1-3-17(15-7-5-4-6-8-15)18(21)19-16-11-9-14(10-12-16)13(2)20/h4-12,17H,3H2,1-2H3,(H,19,21)/t17-/m1/s1. The van der Waals surface area contributed by atoms with Crippen LogP contribution in [0.1, 0.15) is 42.1 Å². The van der Waals surface area contributed by atoms with Gasteiger partial charge in [0.25, 0.3) is 0 Å². The molecule has 0 aliphatic heterocycles. The van der Waals surface area contributed by atoms with Crippen molar-refractivity contribution in [1.82, 2.24) is 0 Å². The highest BCUT2D eigenvalue weighted by molar-refractivity contribution is 5.97. The lowest BCUT2D eigenvalue weighted by atomic mass is 9.95. The first-order valence-corrected chi connectivity index (χ1v) is 7.08. The van der Waals surface area contributed by atoms with Gasteiger partial charge in [-0.25, -0.2) is 0 Å². The summed E-state index contributed by atoms with van der Waals surface area (Å²) in [5, 5.41) is 2.91. The molecule has 0 fully saturated rings. The van der Waals surface area contributed by atoms with Gasteiger partial charge in [-0.1, -0.05) is 37.3 Å². The highest BCUT2D eigenvalue weighted by atomic mass is 16.2. The van der Waals surface area contributed by atoms with Gasteiger partial charge in [0.15, 0.2) is 5.78 Å². The van der Waals surface area contributed by atoms with E-state index in [2.05, 4.69) is 5.32 Å². The minimum Gasteiger partial charge on any atom is -0.326 e. The molecule has 3 heteroatoms. The van der Waals surface area contributed by atoms with Crippen LogP contribution in [0.25, 0.3) is 0 Å². The highest BCUT2D eigenvalue weighted by Crippen LogP contribution is 2.21. The second-order valence-electron chi connectivity index (χ2n) is 4.99. The number of anilines is 1. The molecule has 0 aliphatic carbocycles. The third-order valence-electron chi connectivity index (χ3n) is 3.49. The lowest BCUT2D eigenvalue weighted by Crippen LogP contribution is -2.20. The number of amides is 1. The molecule has 0 saturated heterocycles. The van der Waals surface area contributed by atoms with Gasteiger partial charge < -0.3 is 5.32 Å². The fraction of sp³-hybridized carbons (Fsp3) is 0.222. The Labute approximate surface area is 125 Å². The fourth-order valence-corrected chi connectivity index (χ4v) is 2.28. The molecule has 2 aromatic carbocycles. The fourth-order valence-electron chi connectivity index (χ4n) is 2.28.